The first-order valence-electron chi connectivity index (χ1n) is 12.6. The minimum Gasteiger partial charge on any atom is -0.298 e. The molecule has 2 fully saturated rings. The highest BCUT2D eigenvalue weighted by Gasteiger charge is 2.34. The number of hydrogen-bond donors (Lipinski definition) is 1. The number of nitro groups is 1. The summed E-state index contributed by atoms with van der Waals surface area (Å²) in [6.07, 6.45) is 6.96. The van der Waals surface area contributed by atoms with Gasteiger partial charge in [-0.15, -0.1) is 11.8 Å². The summed E-state index contributed by atoms with van der Waals surface area (Å²) in [6.45, 7) is 0. The van der Waals surface area contributed by atoms with Gasteiger partial charge >= 0.3 is 0 Å². The number of nitrogens with one attached hydrogen (secondary N) is 1. The second-order valence-corrected chi connectivity index (χ2v) is 12.1. The average Bonchev–Trinajstić information content (AvgIpc) is 2.93. The smallest absolute Gasteiger partial charge is 0.283 e. The Kier molecular flexibility index (Phi) is 8.44. The monoisotopic (exact) mass is 575 g/mol. The second-order valence-electron chi connectivity index (χ2n) is 9.23. The molecule has 0 unspecified atom stereocenters. The van der Waals surface area contributed by atoms with Crippen LogP contribution in [0.1, 0.15) is 37.7 Å². The SMILES string of the molecule is O=C1NC(=S)N(c2ccc(Sc3ccccc3)cc2)C(=O)/C1=C/c1ccc(SC2CCCCC2)c([N+](=O)[O-])c1. The summed E-state index contributed by atoms with van der Waals surface area (Å²) >= 11 is 8.44. The van der Waals surface area contributed by atoms with Crippen LogP contribution in [0, 0.1) is 10.1 Å². The fraction of sp³-hybridized carbons (Fsp3) is 0.207. The molecule has 0 atom stereocenters. The number of benzene rings is 3. The van der Waals surface area contributed by atoms with E-state index in [0.717, 1.165) is 35.5 Å². The number of nitro benzene ring substituents is 1. The molecule has 1 saturated heterocycles. The van der Waals surface area contributed by atoms with Crippen molar-refractivity contribution in [3.8, 4) is 0 Å². The lowest BCUT2D eigenvalue weighted by atomic mass is 10.0. The van der Waals surface area contributed by atoms with Gasteiger partial charge in [-0.05, 0) is 79.2 Å². The van der Waals surface area contributed by atoms with Gasteiger partial charge in [0.05, 0.1) is 15.5 Å². The van der Waals surface area contributed by atoms with Crippen LogP contribution in [0.2, 0.25) is 0 Å². The minimum atomic E-state index is -0.638. The van der Waals surface area contributed by atoms with E-state index >= 15 is 0 Å². The number of nitrogens with zero attached hydrogens (tertiary/aromatic N) is 2. The van der Waals surface area contributed by atoms with Crippen molar-refractivity contribution in [2.45, 2.75) is 52.0 Å². The molecular formula is C29H25N3O4S3. The molecule has 5 rings (SSSR count). The number of hydrogen-bond acceptors (Lipinski definition) is 7. The fourth-order valence-electron chi connectivity index (χ4n) is 4.58. The molecule has 2 aliphatic rings. The number of carbonyl (C=O) groups is 2. The Morgan fingerprint density at radius 1 is 0.949 bits per heavy atom. The third-order valence-corrected chi connectivity index (χ3v) is 9.22. The van der Waals surface area contributed by atoms with Crippen molar-refractivity contribution in [1.82, 2.24) is 5.32 Å². The lowest BCUT2D eigenvalue weighted by Crippen LogP contribution is -2.54. The summed E-state index contributed by atoms with van der Waals surface area (Å²) in [4.78, 5) is 41.6. The molecule has 1 saturated carbocycles. The second kappa shape index (κ2) is 12.1. The Balaban J connectivity index is 1.38. The minimum absolute atomic E-state index is 0.0178. The van der Waals surface area contributed by atoms with Crippen LogP contribution in [-0.2, 0) is 9.59 Å². The third kappa shape index (κ3) is 6.41. The first-order chi connectivity index (χ1) is 18.9. The van der Waals surface area contributed by atoms with E-state index in [4.69, 9.17) is 12.2 Å². The van der Waals surface area contributed by atoms with E-state index in [2.05, 4.69) is 5.32 Å². The van der Waals surface area contributed by atoms with Crippen LogP contribution < -0.4 is 10.2 Å². The molecule has 198 valence electrons. The molecule has 3 aromatic carbocycles. The van der Waals surface area contributed by atoms with Gasteiger partial charge in [0, 0.05) is 21.1 Å². The van der Waals surface area contributed by atoms with Gasteiger partial charge in [-0.25, -0.2) is 0 Å². The topological polar surface area (TPSA) is 92.6 Å². The zero-order valence-electron chi connectivity index (χ0n) is 20.9. The average molecular weight is 576 g/mol. The molecule has 39 heavy (non-hydrogen) atoms. The van der Waals surface area contributed by atoms with Crippen molar-refractivity contribution in [2.75, 3.05) is 4.90 Å². The first kappa shape index (κ1) is 27.1. The molecule has 0 aromatic heterocycles. The highest BCUT2D eigenvalue weighted by Crippen LogP contribution is 2.39. The number of amides is 2. The first-order valence-corrected chi connectivity index (χ1v) is 14.7. The van der Waals surface area contributed by atoms with Gasteiger partial charge < -0.3 is 0 Å². The number of anilines is 1. The van der Waals surface area contributed by atoms with Gasteiger partial charge in [0.1, 0.15) is 5.57 Å². The van der Waals surface area contributed by atoms with Crippen LogP contribution in [0.25, 0.3) is 6.08 Å². The zero-order chi connectivity index (χ0) is 27.4. The Morgan fingerprint density at radius 2 is 1.64 bits per heavy atom. The molecule has 1 aliphatic heterocycles. The normalized spacial score (nSPS) is 17.4. The molecule has 0 radical (unpaired) electrons. The molecule has 0 bridgehead atoms. The molecule has 2 amide bonds. The van der Waals surface area contributed by atoms with E-state index < -0.39 is 16.7 Å². The molecular weight excluding hydrogens is 551 g/mol. The van der Waals surface area contributed by atoms with E-state index in [1.807, 2.05) is 42.5 Å². The summed E-state index contributed by atoms with van der Waals surface area (Å²) in [6, 6.07) is 22.1. The summed E-state index contributed by atoms with van der Waals surface area (Å²) in [5, 5.41) is 14.8. The van der Waals surface area contributed by atoms with E-state index in [-0.39, 0.29) is 16.4 Å². The van der Waals surface area contributed by atoms with Gasteiger partial charge in [-0.3, -0.25) is 29.9 Å². The summed E-state index contributed by atoms with van der Waals surface area (Å²) in [7, 11) is 0. The van der Waals surface area contributed by atoms with E-state index in [9.17, 15) is 19.7 Å². The number of rotatable bonds is 7. The van der Waals surface area contributed by atoms with Crippen molar-refractivity contribution in [3.63, 3.8) is 0 Å². The van der Waals surface area contributed by atoms with Gasteiger partial charge in [0.25, 0.3) is 17.5 Å². The fourth-order valence-corrected chi connectivity index (χ4v) is 7.02. The number of thioether (sulfide) groups is 1. The summed E-state index contributed by atoms with van der Waals surface area (Å²) < 4.78 is 0. The third-order valence-electron chi connectivity index (χ3n) is 6.51. The van der Waals surface area contributed by atoms with Crippen molar-refractivity contribution < 1.29 is 14.5 Å². The molecule has 1 N–H and O–H groups in total. The van der Waals surface area contributed by atoms with Crippen LogP contribution in [0.3, 0.4) is 0 Å². The van der Waals surface area contributed by atoms with E-state index in [0.29, 0.717) is 21.4 Å². The van der Waals surface area contributed by atoms with E-state index in [1.165, 1.54) is 35.2 Å². The van der Waals surface area contributed by atoms with Crippen LogP contribution in [0.4, 0.5) is 11.4 Å². The molecule has 1 aliphatic carbocycles. The van der Waals surface area contributed by atoms with Gasteiger partial charge in [-0.2, -0.15) is 0 Å². The predicted molar refractivity (Wildman–Crippen MR) is 159 cm³/mol. The lowest BCUT2D eigenvalue weighted by Gasteiger charge is -2.29. The standard InChI is InChI=1S/C29H25N3O4S3/c33-27-24(17-19-11-16-26(25(18-19)32(35)36)39-22-9-5-2-6-10-22)28(34)31(29(37)30-27)20-12-14-23(15-13-20)38-21-7-3-1-4-8-21/h1,3-4,7-8,11-18,22H,2,5-6,9-10H2,(H,30,33,37)/b24-17+. The van der Waals surface area contributed by atoms with Gasteiger partial charge in [0.15, 0.2) is 5.11 Å². The Hall–Kier alpha value is -3.47. The number of carbonyl (C=O) groups excluding carboxylic acids is 2. The Morgan fingerprint density at radius 3 is 2.33 bits per heavy atom. The van der Waals surface area contributed by atoms with Gasteiger partial charge in [0.2, 0.25) is 0 Å². The quantitative estimate of drug-likeness (QED) is 0.107. The maximum atomic E-state index is 13.4. The van der Waals surface area contributed by atoms with E-state index in [1.54, 1.807) is 36.0 Å². The summed E-state index contributed by atoms with van der Waals surface area (Å²) in [5.41, 5.74) is 0.741. The highest BCUT2D eigenvalue weighted by atomic mass is 32.2. The predicted octanol–water partition coefficient (Wildman–Crippen LogP) is 7.00. The maximum absolute atomic E-state index is 13.4. The lowest BCUT2D eigenvalue weighted by molar-refractivity contribution is -0.387. The van der Waals surface area contributed by atoms with Crippen molar-refractivity contribution in [3.05, 3.63) is 94.0 Å². The molecule has 1 heterocycles. The van der Waals surface area contributed by atoms with Crippen LogP contribution >= 0.6 is 35.7 Å². The molecule has 0 spiro atoms. The highest BCUT2D eigenvalue weighted by molar-refractivity contribution is 8.00. The molecule has 10 heteroatoms. The Labute approximate surface area is 240 Å². The van der Waals surface area contributed by atoms with Crippen molar-refractivity contribution >= 4 is 70.1 Å². The molecule has 7 nitrogen and oxygen atoms in total. The van der Waals surface area contributed by atoms with Gasteiger partial charge in [-0.1, -0.05) is 55.3 Å². The largest absolute Gasteiger partial charge is 0.298 e. The van der Waals surface area contributed by atoms with Crippen molar-refractivity contribution in [2.24, 2.45) is 0 Å². The Bertz CT molecular complexity index is 1450. The molecule has 3 aromatic rings. The van der Waals surface area contributed by atoms with Crippen LogP contribution in [-0.4, -0.2) is 27.1 Å². The summed E-state index contributed by atoms with van der Waals surface area (Å²) in [5.74, 6) is -1.23. The zero-order valence-corrected chi connectivity index (χ0v) is 23.3. The van der Waals surface area contributed by atoms with Crippen LogP contribution in [0.15, 0.2) is 93.1 Å². The van der Waals surface area contributed by atoms with Crippen LogP contribution in [0.5, 0.6) is 0 Å². The maximum Gasteiger partial charge on any atom is 0.283 e. The van der Waals surface area contributed by atoms with Crippen molar-refractivity contribution in [1.29, 1.82) is 0 Å². The number of thiocarbonyl (C=S) groups is 1.